The molecule has 0 bridgehead atoms. The predicted octanol–water partition coefficient (Wildman–Crippen LogP) is 3.42. The number of carbonyl (C=O) groups is 1. The number of fused-ring (bicyclic) bond motifs is 1. The van der Waals surface area contributed by atoms with Gasteiger partial charge >= 0.3 is 5.24 Å². The summed E-state index contributed by atoms with van der Waals surface area (Å²) in [5, 5.41) is 0.283. The molecule has 3 aliphatic rings. The molecule has 1 heterocycles. The minimum atomic E-state index is -0.299. The number of thiocarbonyl (C=S) groups is 1. The average molecular weight is 294 g/mol. The fourth-order valence-corrected chi connectivity index (χ4v) is 4.32. The van der Waals surface area contributed by atoms with Crippen molar-refractivity contribution in [3.8, 4) is 0 Å². The molecule has 3 rings (SSSR count). The smallest absolute Gasteiger partial charge is 0.353 e. The Labute approximate surface area is 125 Å². The van der Waals surface area contributed by atoms with Crippen LogP contribution in [-0.2, 0) is 14.3 Å². The Bertz CT molecular complexity index is 498. The third-order valence-corrected chi connectivity index (χ3v) is 5.95. The predicted molar refractivity (Wildman–Crippen MR) is 80.4 cm³/mol. The largest absolute Gasteiger partial charge is 0.453 e. The van der Waals surface area contributed by atoms with Gasteiger partial charge in [-0.3, -0.25) is 4.79 Å². The number of carbonyl (C=O) groups excluding carboxylic acids is 1. The maximum atomic E-state index is 11.8. The van der Waals surface area contributed by atoms with E-state index in [2.05, 4.69) is 20.8 Å². The van der Waals surface area contributed by atoms with Gasteiger partial charge in [0, 0.05) is 24.6 Å². The molecule has 0 spiro atoms. The Morgan fingerprint density at radius 1 is 1.40 bits per heavy atom. The van der Waals surface area contributed by atoms with E-state index in [1.165, 1.54) is 5.57 Å². The lowest BCUT2D eigenvalue weighted by molar-refractivity contribution is -0.117. The summed E-state index contributed by atoms with van der Waals surface area (Å²) in [6.07, 6.45) is 5.65. The normalized spacial score (nSPS) is 44.5. The molecule has 0 amide bonds. The number of hydrogen-bond donors (Lipinski definition) is 0. The molecule has 110 valence electrons. The van der Waals surface area contributed by atoms with Crippen LogP contribution in [0.3, 0.4) is 0 Å². The van der Waals surface area contributed by atoms with Crippen molar-refractivity contribution in [3.63, 3.8) is 0 Å². The van der Waals surface area contributed by atoms with E-state index in [9.17, 15) is 4.79 Å². The van der Waals surface area contributed by atoms with Gasteiger partial charge in [-0.15, -0.1) is 0 Å². The van der Waals surface area contributed by atoms with Crippen LogP contribution in [0.15, 0.2) is 11.6 Å². The topological polar surface area (TPSA) is 35.5 Å². The van der Waals surface area contributed by atoms with Gasteiger partial charge in [0.15, 0.2) is 5.78 Å². The van der Waals surface area contributed by atoms with Crippen LogP contribution >= 0.6 is 12.2 Å². The van der Waals surface area contributed by atoms with Crippen molar-refractivity contribution in [2.75, 3.05) is 6.61 Å². The molecule has 1 aliphatic heterocycles. The molecular formula is C16H22O3S. The molecule has 4 atom stereocenters. The van der Waals surface area contributed by atoms with Gasteiger partial charge in [-0.05, 0) is 43.6 Å². The number of allylic oxidation sites excluding steroid dienone is 2. The second-order valence-electron chi connectivity index (χ2n) is 7.05. The molecule has 0 unspecified atom stereocenters. The van der Waals surface area contributed by atoms with Crippen LogP contribution in [-0.4, -0.2) is 23.2 Å². The number of ketones is 1. The molecule has 2 aliphatic carbocycles. The molecule has 2 fully saturated rings. The summed E-state index contributed by atoms with van der Waals surface area (Å²) >= 11 is 5.02. The first-order valence-corrected chi connectivity index (χ1v) is 7.84. The number of rotatable bonds is 1. The molecule has 0 aromatic heterocycles. The van der Waals surface area contributed by atoms with Crippen LogP contribution < -0.4 is 0 Å². The van der Waals surface area contributed by atoms with E-state index < -0.39 is 0 Å². The van der Waals surface area contributed by atoms with Crippen molar-refractivity contribution in [2.24, 2.45) is 17.3 Å². The zero-order valence-corrected chi connectivity index (χ0v) is 13.2. The molecule has 20 heavy (non-hydrogen) atoms. The maximum absolute atomic E-state index is 11.8. The molecule has 0 aromatic rings. The highest BCUT2D eigenvalue weighted by Gasteiger charge is 2.51. The van der Waals surface area contributed by atoms with Gasteiger partial charge in [0.1, 0.15) is 12.2 Å². The number of ether oxygens (including phenoxy) is 2. The van der Waals surface area contributed by atoms with E-state index >= 15 is 0 Å². The van der Waals surface area contributed by atoms with Crippen molar-refractivity contribution >= 4 is 23.2 Å². The zero-order chi connectivity index (χ0) is 14.5. The molecule has 0 N–H and O–H groups in total. The molecular weight excluding hydrogens is 272 g/mol. The summed E-state index contributed by atoms with van der Waals surface area (Å²) in [4.78, 5) is 11.8. The third-order valence-electron chi connectivity index (χ3n) is 5.75. The molecule has 1 saturated heterocycles. The summed E-state index contributed by atoms with van der Waals surface area (Å²) in [5.41, 5.74) is 1.16. The van der Waals surface area contributed by atoms with Crippen molar-refractivity contribution in [1.82, 2.24) is 0 Å². The third kappa shape index (κ3) is 2.09. The van der Waals surface area contributed by atoms with E-state index in [-0.39, 0.29) is 22.0 Å². The standard InChI is InChI=1S/C16H22O3S/c1-10-6-13(17)7-11-4-5-12(8-15(10,11)2)16(3)9-18-14(20)19-16/h7,10,12H,4-6,8-9H2,1-3H3/t10-,12-,15+,16+/m1/s1. The second-order valence-corrected chi connectivity index (χ2v) is 7.38. The summed E-state index contributed by atoms with van der Waals surface area (Å²) in [7, 11) is 0. The van der Waals surface area contributed by atoms with E-state index in [0.29, 0.717) is 24.9 Å². The van der Waals surface area contributed by atoms with Crippen molar-refractivity contribution in [3.05, 3.63) is 11.6 Å². The van der Waals surface area contributed by atoms with E-state index in [0.717, 1.165) is 19.3 Å². The fraction of sp³-hybridized carbons (Fsp3) is 0.750. The maximum Gasteiger partial charge on any atom is 0.353 e. The van der Waals surface area contributed by atoms with Gasteiger partial charge < -0.3 is 9.47 Å². The number of hydrogen-bond acceptors (Lipinski definition) is 4. The van der Waals surface area contributed by atoms with Gasteiger partial charge in [-0.25, -0.2) is 0 Å². The Kier molecular flexibility index (Phi) is 3.20. The first-order valence-electron chi connectivity index (χ1n) is 7.43. The highest BCUT2D eigenvalue weighted by atomic mass is 32.1. The fourth-order valence-electron chi connectivity index (χ4n) is 4.07. The lowest BCUT2D eigenvalue weighted by Crippen LogP contribution is -2.46. The average Bonchev–Trinajstić information content (AvgIpc) is 2.72. The van der Waals surface area contributed by atoms with Crippen molar-refractivity contribution in [2.45, 2.75) is 52.1 Å². The van der Waals surface area contributed by atoms with Crippen molar-refractivity contribution in [1.29, 1.82) is 0 Å². The highest BCUT2D eigenvalue weighted by molar-refractivity contribution is 7.79. The van der Waals surface area contributed by atoms with Gasteiger partial charge in [-0.2, -0.15) is 0 Å². The first kappa shape index (κ1) is 14.1. The quantitative estimate of drug-likeness (QED) is 0.694. The van der Waals surface area contributed by atoms with Crippen molar-refractivity contribution < 1.29 is 14.3 Å². The van der Waals surface area contributed by atoms with Crippen LogP contribution in [0, 0.1) is 17.3 Å². The van der Waals surface area contributed by atoms with E-state index in [1.807, 2.05) is 6.08 Å². The Morgan fingerprint density at radius 2 is 2.15 bits per heavy atom. The zero-order valence-electron chi connectivity index (χ0n) is 12.4. The lowest BCUT2D eigenvalue weighted by Gasteiger charge is -2.49. The Balaban J connectivity index is 1.85. The summed E-state index contributed by atoms with van der Waals surface area (Å²) in [6, 6.07) is 0. The Morgan fingerprint density at radius 3 is 2.80 bits per heavy atom. The molecule has 1 saturated carbocycles. The van der Waals surface area contributed by atoms with Crippen LogP contribution in [0.5, 0.6) is 0 Å². The monoisotopic (exact) mass is 294 g/mol. The van der Waals surface area contributed by atoms with Crippen LogP contribution in [0.2, 0.25) is 0 Å². The van der Waals surface area contributed by atoms with Gasteiger partial charge in [0.2, 0.25) is 0 Å². The summed E-state index contributed by atoms with van der Waals surface area (Å²) in [6.45, 7) is 7.17. The van der Waals surface area contributed by atoms with Crippen LogP contribution in [0.25, 0.3) is 0 Å². The Hall–Kier alpha value is -0.900. The lowest BCUT2D eigenvalue weighted by atomic mass is 9.56. The summed E-state index contributed by atoms with van der Waals surface area (Å²) < 4.78 is 11.2. The minimum absolute atomic E-state index is 0.118. The van der Waals surface area contributed by atoms with E-state index in [1.54, 1.807) is 0 Å². The molecule has 3 nitrogen and oxygen atoms in total. The first-order chi connectivity index (χ1) is 9.33. The van der Waals surface area contributed by atoms with Gasteiger partial charge in [0.25, 0.3) is 0 Å². The highest BCUT2D eigenvalue weighted by Crippen LogP contribution is 2.54. The van der Waals surface area contributed by atoms with E-state index in [4.69, 9.17) is 21.7 Å². The molecule has 4 heteroatoms. The minimum Gasteiger partial charge on any atom is -0.453 e. The second kappa shape index (κ2) is 4.55. The van der Waals surface area contributed by atoms with Gasteiger partial charge in [-0.1, -0.05) is 19.4 Å². The van der Waals surface area contributed by atoms with Crippen LogP contribution in [0.4, 0.5) is 0 Å². The van der Waals surface area contributed by atoms with Gasteiger partial charge in [0.05, 0.1) is 0 Å². The van der Waals surface area contributed by atoms with Crippen LogP contribution in [0.1, 0.15) is 46.5 Å². The molecule has 0 radical (unpaired) electrons. The molecule has 0 aromatic carbocycles. The summed E-state index contributed by atoms with van der Waals surface area (Å²) in [5.74, 6) is 1.12. The SMILES string of the molecule is C[C@@H]1CC(=O)C=C2CC[C@@H]([C@]3(C)COC(=S)O3)C[C@]21C.